The molecule has 150 valence electrons. The van der Waals surface area contributed by atoms with Crippen LogP contribution in [0.5, 0.6) is 0 Å². The number of nitrogens with one attached hydrogen (secondary N) is 2. The standard InChI is InChI=1S/C23H19F2N5/c24-17-11-12-18(25)19(13-17)29-22-20(26)23(28-14-27-22)30-21(15-7-3-1-4-8-15)16-9-5-2-6-10-16/h1-14,21H,26H2,(H2,27,28,29,30). The van der Waals surface area contributed by atoms with Gasteiger partial charge in [-0.1, -0.05) is 60.7 Å². The highest BCUT2D eigenvalue weighted by Crippen LogP contribution is 2.32. The number of anilines is 4. The third-order valence-electron chi connectivity index (χ3n) is 4.61. The van der Waals surface area contributed by atoms with Crippen molar-refractivity contribution in [2.75, 3.05) is 16.4 Å². The summed E-state index contributed by atoms with van der Waals surface area (Å²) in [4.78, 5) is 8.34. The van der Waals surface area contributed by atoms with Crippen LogP contribution >= 0.6 is 0 Å². The van der Waals surface area contributed by atoms with Crippen LogP contribution in [-0.2, 0) is 0 Å². The Balaban J connectivity index is 1.68. The van der Waals surface area contributed by atoms with Crippen LogP contribution in [0.15, 0.2) is 85.2 Å². The number of halogens is 2. The number of nitrogen functional groups attached to an aromatic ring is 1. The molecule has 0 radical (unpaired) electrons. The summed E-state index contributed by atoms with van der Waals surface area (Å²) >= 11 is 0. The third-order valence-corrected chi connectivity index (χ3v) is 4.61. The lowest BCUT2D eigenvalue weighted by Gasteiger charge is -2.22. The third kappa shape index (κ3) is 4.20. The van der Waals surface area contributed by atoms with Crippen LogP contribution in [-0.4, -0.2) is 9.97 Å². The maximum atomic E-state index is 14.0. The molecule has 5 nitrogen and oxygen atoms in total. The Morgan fingerprint density at radius 3 is 2.00 bits per heavy atom. The highest BCUT2D eigenvalue weighted by atomic mass is 19.1. The van der Waals surface area contributed by atoms with Gasteiger partial charge in [-0.05, 0) is 23.3 Å². The van der Waals surface area contributed by atoms with Crippen molar-refractivity contribution in [2.45, 2.75) is 6.04 Å². The molecule has 0 spiro atoms. The summed E-state index contributed by atoms with van der Waals surface area (Å²) in [5.74, 6) is -0.632. The zero-order valence-electron chi connectivity index (χ0n) is 15.9. The van der Waals surface area contributed by atoms with Crippen molar-refractivity contribution in [3.63, 3.8) is 0 Å². The Bertz CT molecular complexity index is 1100. The highest BCUT2D eigenvalue weighted by molar-refractivity contribution is 5.78. The molecule has 0 fully saturated rings. The molecule has 0 aliphatic carbocycles. The molecular formula is C23H19F2N5. The summed E-state index contributed by atoms with van der Waals surface area (Å²) in [6.07, 6.45) is 1.31. The molecule has 4 N–H and O–H groups in total. The molecule has 0 bridgehead atoms. The smallest absolute Gasteiger partial charge is 0.159 e. The van der Waals surface area contributed by atoms with Gasteiger partial charge in [-0.15, -0.1) is 0 Å². The van der Waals surface area contributed by atoms with Crippen molar-refractivity contribution in [3.05, 3.63) is 108 Å². The lowest BCUT2D eigenvalue weighted by Crippen LogP contribution is -2.15. The van der Waals surface area contributed by atoms with Crippen LogP contribution in [0.3, 0.4) is 0 Å². The maximum absolute atomic E-state index is 14.0. The van der Waals surface area contributed by atoms with E-state index in [2.05, 4.69) is 20.6 Å². The van der Waals surface area contributed by atoms with Crippen molar-refractivity contribution in [1.29, 1.82) is 0 Å². The molecule has 30 heavy (non-hydrogen) atoms. The minimum Gasteiger partial charge on any atom is -0.393 e. The van der Waals surface area contributed by atoms with Gasteiger partial charge in [-0.2, -0.15) is 0 Å². The molecule has 4 rings (SSSR count). The Morgan fingerprint density at radius 1 is 0.767 bits per heavy atom. The monoisotopic (exact) mass is 403 g/mol. The first-order chi connectivity index (χ1) is 14.6. The van der Waals surface area contributed by atoms with Crippen molar-refractivity contribution in [1.82, 2.24) is 9.97 Å². The molecule has 7 heteroatoms. The fourth-order valence-corrected chi connectivity index (χ4v) is 3.12. The second-order valence-corrected chi connectivity index (χ2v) is 6.63. The Kier molecular flexibility index (Phi) is 5.52. The van der Waals surface area contributed by atoms with Gasteiger partial charge in [0.2, 0.25) is 0 Å². The molecule has 4 aromatic rings. The second-order valence-electron chi connectivity index (χ2n) is 6.63. The van der Waals surface area contributed by atoms with Gasteiger partial charge in [0.15, 0.2) is 11.6 Å². The minimum absolute atomic E-state index is 0.0611. The van der Waals surface area contributed by atoms with Crippen molar-refractivity contribution >= 4 is 23.0 Å². The van der Waals surface area contributed by atoms with E-state index in [1.807, 2.05) is 60.7 Å². The molecule has 0 amide bonds. The summed E-state index contributed by atoms with van der Waals surface area (Å²) in [6.45, 7) is 0. The van der Waals surface area contributed by atoms with Crippen LogP contribution < -0.4 is 16.4 Å². The van der Waals surface area contributed by atoms with Gasteiger partial charge in [0, 0.05) is 6.07 Å². The number of aromatic nitrogens is 2. The molecule has 0 saturated carbocycles. The molecule has 0 atom stereocenters. The van der Waals surface area contributed by atoms with E-state index in [1.165, 1.54) is 6.33 Å². The maximum Gasteiger partial charge on any atom is 0.159 e. The SMILES string of the molecule is Nc1c(Nc2cc(F)ccc2F)ncnc1NC(c1ccccc1)c1ccccc1. The van der Waals surface area contributed by atoms with Crippen LogP contribution in [0.2, 0.25) is 0 Å². The van der Waals surface area contributed by atoms with Gasteiger partial charge in [-0.3, -0.25) is 0 Å². The molecule has 1 aromatic heterocycles. The summed E-state index contributed by atoms with van der Waals surface area (Å²) in [5, 5.41) is 6.09. The summed E-state index contributed by atoms with van der Waals surface area (Å²) < 4.78 is 27.5. The first kappa shape index (κ1) is 19.3. The molecule has 0 aliphatic rings. The van der Waals surface area contributed by atoms with Gasteiger partial charge in [-0.25, -0.2) is 18.7 Å². The van der Waals surface area contributed by atoms with E-state index in [1.54, 1.807) is 0 Å². The number of rotatable bonds is 6. The lowest BCUT2D eigenvalue weighted by molar-refractivity contribution is 0.603. The molecule has 0 aliphatic heterocycles. The molecular weight excluding hydrogens is 384 g/mol. The number of hydrogen-bond donors (Lipinski definition) is 3. The van der Waals surface area contributed by atoms with E-state index < -0.39 is 11.6 Å². The average molecular weight is 403 g/mol. The van der Waals surface area contributed by atoms with E-state index in [0.29, 0.717) is 5.82 Å². The van der Waals surface area contributed by atoms with Gasteiger partial charge in [0.25, 0.3) is 0 Å². The molecule has 1 heterocycles. The Morgan fingerprint density at radius 2 is 1.37 bits per heavy atom. The largest absolute Gasteiger partial charge is 0.393 e. The van der Waals surface area contributed by atoms with Gasteiger partial charge in [0.05, 0.1) is 11.7 Å². The van der Waals surface area contributed by atoms with Crippen molar-refractivity contribution in [3.8, 4) is 0 Å². The first-order valence-corrected chi connectivity index (χ1v) is 9.31. The molecule has 0 unspecified atom stereocenters. The second kappa shape index (κ2) is 8.57. The summed E-state index contributed by atoms with van der Waals surface area (Å²) in [5.41, 5.74) is 8.43. The van der Waals surface area contributed by atoms with Crippen molar-refractivity contribution in [2.24, 2.45) is 0 Å². The average Bonchev–Trinajstić information content (AvgIpc) is 2.78. The number of nitrogens with two attached hydrogens (primary N) is 1. The zero-order valence-corrected chi connectivity index (χ0v) is 15.9. The molecule has 3 aromatic carbocycles. The van der Waals surface area contributed by atoms with Gasteiger partial charge in [0.1, 0.15) is 23.6 Å². The van der Waals surface area contributed by atoms with Crippen LogP contribution in [0, 0.1) is 11.6 Å². The van der Waals surface area contributed by atoms with E-state index >= 15 is 0 Å². The van der Waals surface area contributed by atoms with Crippen LogP contribution in [0.1, 0.15) is 17.2 Å². The predicted octanol–water partition coefficient (Wildman–Crippen LogP) is 5.28. The Hall–Kier alpha value is -4.00. The van der Waals surface area contributed by atoms with E-state index in [4.69, 9.17) is 5.73 Å². The van der Waals surface area contributed by atoms with Gasteiger partial charge < -0.3 is 16.4 Å². The quantitative estimate of drug-likeness (QED) is 0.408. The Labute approximate surface area is 172 Å². The predicted molar refractivity (Wildman–Crippen MR) is 114 cm³/mol. The topological polar surface area (TPSA) is 75.9 Å². The van der Waals surface area contributed by atoms with E-state index in [-0.39, 0.29) is 23.2 Å². The number of benzene rings is 3. The van der Waals surface area contributed by atoms with Crippen LogP contribution in [0.25, 0.3) is 0 Å². The van der Waals surface area contributed by atoms with Crippen molar-refractivity contribution < 1.29 is 8.78 Å². The summed E-state index contributed by atoms with van der Waals surface area (Å²) in [7, 11) is 0. The number of hydrogen-bond acceptors (Lipinski definition) is 5. The minimum atomic E-state index is -0.615. The normalized spacial score (nSPS) is 10.8. The van der Waals surface area contributed by atoms with E-state index in [9.17, 15) is 8.78 Å². The molecule has 0 saturated heterocycles. The summed E-state index contributed by atoms with van der Waals surface area (Å²) in [6, 6.07) is 22.6. The first-order valence-electron chi connectivity index (χ1n) is 9.31. The lowest BCUT2D eigenvalue weighted by atomic mass is 9.99. The van der Waals surface area contributed by atoms with Crippen LogP contribution in [0.4, 0.5) is 31.8 Å². The zero-order chi connectivity index (χ0) is 20.9. The van der Waals surface area contributed by atoms with E-state index in [0.717, 1.165) is 29.3 Å². The number of nitrogens with zero attached hydrogens (tertiary/aromatic N) is 2. The van der Waals surface area contributed by atoms with Gasteiger partial charge >= 0.3 is 0 Å². The highest BCUT2D eigenvalue weighted by Gasteiger charge is 2.18. The fraction of sp³-hybridized carbons (Fsp3) is 0.0435. The fourth-order valence-electron chi connectivity index (χ4n) is 3.12.